The monoisotopic (exact) mass is 512 g/mol. The first kappa shape index (κ1) is 26.6. The number of amides is 1. The molecule has 4 rings (SSSR count). The molecule has 12 heteroatoms. The molecule has 3 aromatic rings. The van der Waals surface area contributed by atoms with Crippen LogP contribution in [0.3, 0.4) is 0 Å². The van der Waals surface area contributed by atoms with E-state index >= 15 is 0 Å². The van der Waals surface area contributed by atoms with Crippen molar-refractivity contribution in [3.05, 3.63) is 29.7 Å². The molecule has 1 aliphatic heterocycles. The zero-order valence-corrected chi connectivity index (χ0v) is 21.7. The van der Waals surface area contributed by atoms with Gasteiger partial charge in [-0.05, 0) is 56.3 Å². The van der Waals surface area contributed by atoms with Gasteiger partial charge in [0.2, 0.25) is 5.95 Å². The maximum atomic E-state index is 11.8. The number of hydrogen-bond donors (Lipinski definition) is 4. The molecule has 1 saturated heterocycles. The van der Waals surface area contributed by atoms with Crippen LogP contribution in [0.4, 0.5) is 16.6 Å². The van der Waals surface area contributed by atoms with Crippen molar-refractivity contribution < 1.29 is 19.4 Å². The van der Waals surface area contributed by atoms with Crippen LogP contribution in [-0.2, 0) is 11.3 Å². The predicted octanol–water partition coefficient (Wildman–Crippen LogP) is 2.89. The van der Waals surface area contributed by atoms with Crippen LogP contribution in [0, 0.1) is 0 Å². The number of fused-ring (bicyclic) bond motifs is 1. The Morgan fingerprint density at radius 3 is 2.76 bits per heavy atom. The average Bonchev–Trinajstić information content (AvgIpc) is 3.32. The summed E-state index contributed by atoms with van der Waals surface area (Å²) in [7, 11) is 2.93. The molecule has 1 fully saturated rings. The van der Waals surface area contributed by atoms with Crippen molar-refractivity contribution in [3.63, 3.8) is 0 Å². The van der Waals surface area contributed by atoms with Crippen LogP contribution in [0.15, 0.2) is 18.5 Å². The summed E-state index contributed by atoms with van der Waals surface area (Å²) in [6.07, 6.45) is 7.38. The number of hydrogen-bond acceptors (Lipinski definition) is 10. The first-order valence-electron chi connectivity index (χ1n) is 12.8. The van der Waals surface area contributed by atoms with Crippen LogP contribution >= 0.6 is 0 Å². The molecule has 0 bridgehead atoms. The summed E-state index contributed by atoms with van der Waals surface area (Å²) in [5.41, 5.74) is 3.14. The van der Waals surface area contributed by atoms with Gasteiger partial charge in [0.15, 0.2) is 5.82 Å². The normalized spacial score (nSPS) is 14.9. The van der Waals surface area contributed by atoms with Crippen molar-refractivity contribution >= 4 is 28.9 Å². The molecule has 37 heavy (non-hydrogen) atoms. The van der Waals surface area contributed by atoms with Gasteiger partial charge in [0.1, 0.15) is 22.5 Å². The first-order chi connectivity index (χ1) is 18.1. The Bertz CT molecular complexity index is 1190. The lowest BCUT2D eigenvalue weighted by atomic mass is 9.91. The van der Waals surface area contributed by atoms with Crippen molar-refractivity contribution in [2.24, 2.45) is 0 Å². The number of aliphatic hydroxyl groups excluding tert-OH is 1. The third kappa shape index (κ3) is 6.44. The number of aromatic nitrogens is 5. The molecule has 1 aliphatic rings. The van der Waals surface area contributed by atoms with E-state index in [0.29, 0.717) is 41.5 Å². The molecule has 0 saturated carbocycles. The maximum Gasteiger partial charge on any atom is 0.413 e. The molecule has 200 valence electrons. The molecule has 0 aliphatic carbocycles. The summed E-state index contributed by atoms with van der Waals surface area (Å²) >= 11 is 0. The van der Waals surface area contributed by atoms with E-state index in [4.69, 9.17) is 14.5 Å². The summed E-state index contributed by atoms with van der Waals surface area (Å²) in [6.45, 7) is 4.49. The maximum absolute atomic E-state index is 11.8. The third-order valence-corrected chi connectivity index (χ3v) is 6.62. The quantitative estimate of drug-likeness (QED) is 0.302. The van der Waals surface area contributed by atoms with Crippen molar-refractivity contribution in [1.29, 1.82) is 0 Å². The number of carbonyl (C=O) groups is 1. The number of rotatable bonds is 11. The van der Waals surface area contributed by atoms with Gasteiger partial charge in [0.25, 0.3) is 0 Å². The number of carbonyl (C=O) groups excluding carboxylic acids is 1. The number of methoxy groups -OCH3 is 2. The van der Waals surface area contributed by atoms with E-state index < -0.39 is 6.09 Å². The summed E-state index contributed by atoms with van der Waals surface area (Å²) in [6, 6.07) is 2.07. The first-order valence-corrected chi connectivity index (χ1v) is 12.8. The van der Waals surface area contributed by atoms with E-state index in [1.807, 2.05) is 6.20 Å². The molecule has 0 radical (unpaired) electrons. The number of nitrogens with zero attached hydrogens (tertiary/aromatic N) is 5. The number of anilines is 2. The minimum atomic E-state index is -0.666. The third-order valence-electron chi connectivity index (χ3n) is 6.62. The topological polar surface area (TPSA) is 148 Å². The minimum absolute atomic E-state index is 0.0145. The average molecular weight is 513 g/mol. The van der Waals surface area contributed by atoms with Gasteiger partial charge in [-0.2, -0.15) is 10.1 Å². The van der Waals surface area contributed by atoms with Crippen LogP contribution in [0.2, 0.25) is 0 Å². The number of piperidine rings is 1. The predicted molar refractivity (Wildman–Crippen MR) is 140 cm³/mol. The van der Waals surface area contributed by atoms with Crippen molar-refractivity contribution in [3.8, 4) is 5.75 Å². The molecule has 0 aromatic carbocycles. The molecule has 4 N–H and O–H groups in total. The van der Waals surface area contributed by atoms with Gasteiger partial charge in [-0.3, -0.25) is 15.0 Å². The highest BCUT2D eigenvalue weighted by atomic mass is 16.5. The Hall–Kier alpha value is -3.51. The lowest BCUT2D eigenvalue weighted by Crippen LogP contribution is -2.26. The summed E-state index contributed by atoms with van der Waals surface area (Å²) in [4.78, 5) is 25.6. The largest absolute Gasteiger partial charge is 0.495 e. The minimum Gasteiger partial charge on any atom is -0.495 e. The highest BCUT2D eigenvalue weighted by Gasteiger charge is 2.21. The van der Waals surface area contributed by atoms with Gasteiger partial charge in [-0.1, -0.05) is 13.3 Å². The van der Waals surface area contributed by atoms with Crippen LogP contribution in [0.1, 0.15) is 56.2 Å². The standard InChI is InChI=1S/C25H36N8O4/c1-4-5-18(8-11-34)29-23-22-19(30-24(31-23)32-25(35)37-3)14-28-33(22)15-20-21(36-2)12-17(13-27-20)16-6-9-26-10-7-16/h12-14,16,18,26,34H,4-11,15H2,1-3H3,(H2,29,30,31,32,35). The van der Waals surface area contributed by atoms with Gasteiger partial charge < -0.3 is 25.2 Å². The highest BCUT2D eigenvalue weighted by Crippen LogP contribution is 2.30. The second-order valence-electron chi connectivity index (χ2n) is 9.13. The van der Waals surface area contributed by atoms with Gasteiger partial charge in [0, 0.05) is 18.8 Å². The molecular formula is C25H36N8O4. The van der Waals surface area contributed by atoms with Crippen molar-refractivity contribution in [1.82, 2.24) is 30.0 Å². The van der Waals surface area contributed by atoms with Crippen molar-refractivity contribution in [2.45, 2.75) is 57.5 Å². The lowest BCUT2D eigenvalue weighted by Gasteiger charge is -2.23. The van der Waals surface area contributed by atoms with Gasteiger partial charge in [-0.15, -0.1) is 0 Å². The summed E-state index contributed by atoms with van der Waals surface area (Å²) in [5.74, 6) is 1.78. The Labute approximate surface area is 216 Å². The van der Waals surface area contributed by atoms with Crippen LogP contribution in [0.5, 0.6) is 5.75 Å². The molecule has 1 atom stereocenters. The van der Waals surface area contributed by atoms with Gasteiger partial charge in [0.05, 0.1) is 27.0 Å². The number of pyridine rings is 1. The summed E-state index contributed by atoms with van der Waals surface area (Å²) in [5, 5.41) is 23.5. The number of aliphatic hydroxyl groups is 1. The second kappa shape index (κ2) is 12.6. The zero-order valence-electron chi connectivity index (χ0n) is 21.7. The SMILES string of the molecule is CCCC(CCO)Nc1nc(NC(=O)OC)nc2cnn(Cc3ncc(C4CCNCC4)cc3OC)c12. The van der Waals surface area contributed by atoms with Crippen LogP contribution < -0.4 is 20.7 Å². The van der Waals surface area contributed by atoms with Gasteiger partial charge >= 0.3 is 6.09 Å². The van der Waals surface area contributed by atoms with E-state index in [0.717, 1.165) is 44.5 Å². The number of ether oxygens (including phenoxy) is 2. The fourth-order valence-corrected chi connectivity index (χ4v) is 4.71. The molecule has 0 spiro atoms. The summed E-state index contributed by atoms with van der Waals surface area (Å²) < 4.78 is 12.2. The fraction of sp³-hybridized carbons (Fsp3) is 0.560. The van der Waals surface area contributed by atoms with E-state index in [1.54, 1.807) is 18.0 Å². The molecule has 3 aromatic heterocycles. The van der Waals surface area contributed by atoms with Gasteiger partial charge in [-0.25, -0.2) is 9.78 Å². The van der Waals surface area contributed by atoms with E-state index in [1.165, 1.54) is 12.7 Å². The molecule has 4 heterocycles. The Morgan fingerprint density at radius 2 is 2.05 bits per heavy atom. The lowest BCUT2D eigenvalue weighted by molar-refractivity contribution is 0.186. The zero-order chi connectivity index (χ0) is 26.2. The van der Waals surface area contributed by atoms with E-state index in [-0.39, 0.29) is 18.6 Å². The molecule has 1 unspecified atom stereocenters. The fourth-order valence-electron chi connectivity index (χ4n) is 4.71. The highest BCUT2D eigenvalue weighted by molar-refractivity contribution is 5.89. The molecule has 1 amide bonds. The van der Waals surface area contributed by atoms with E-state index in [9.17, 15) is 9.90 Å². The number of nitrogens with one attached hydrogen (secondary N) is 3. The van der Waals surface area contributed by atoms with E-state index in [2.05, 4.69) is 44.0 Å². The molecular weight excluding hydrogens is 476 g/mol. The van der Waals surface area contributed by atoms with Crippen LogP contribution in [0.25, 0.3) is 11.0 Å². The Morgan fingerprint density at radius 1 is 1.24 bits per heavy atom. The van der Waals surface area contributed by atoms with Crippen molar-refractivity contribution in [2.75, 3.05) is 44.5 Å². The smallest absolute Gasteiger partial charge is 0.413 e. The Kier molecular flexibility index (Phi) is 9.07. The second-order valence-corrected chi connectivity index (χ2v) is 9.13. The van der Waals surface area contributed by atoms with Crippen LogP contribution in [-0.4, -0.2) is 75.9 Å². The Balaban J connectivity index is 1.69. The molecule has 12 nitrogen and oxygen atoms in total.